The lowest BCUT2D eigenvalue weighted by atomic mass is 9.98. The van der Waals surface area contributed by atoms with Crippen molar-refractivity contribution in [1.82, 2.24) is 4.90 Å². The Bertz CT molecular complexity index is 843. The first-order chi connectivity index (χ1) is 30.2. The maximum Gasteiger partial charge on any atom is 0.305 e. The highest BCUT2D eigenvalue weighted by molar-refractivity contribution is 5.69. The first kappa shape index (κ1) is 60.7. The summed E-state index contributed by atoms with van der Waals surface area (Å²) in [7, 11) is 0. The van der Waals surface area contributed by atoms with Gasteiger partial charge in [0.15, 0.2) is 12.6 Å². The van der Waals surface area contributed by atoms with E-state index < -0.39 is 0 Å². The summed E-state index contributed by atoms with van der Waals surface area (Å²) >= 11 is 0. The molecule has 0 aliphatic rings. The van der Waals surface area contributed by atoms with Gasteiger partial charge in [0.25, 0.3) is 0 Å². The minimum absolute atomic E-state index is 0.119. The lowest BCUT2D eigenvalue weighted by Crippen LogP contribution is -2.29. The first-order valence-electron chi connectivity index (χ1n) is 26.3. The summed E-state index contributed by atoms with van der Waals surface area (Å²) < 4.78 is 35.7. The van der Waals surface area contributed by atoms with Gasteiger partial charge < -0.3 is 38.4 Å². The number of carbonyl (C=O) groups is 2. The van der Waals surface area contributed by atoms with E-state index in [-0.39, 0.29) is 31.1 Å². The van der Waals surface area contributed by atoms with Crippen LogP contribution in [0.25, 0.3) is 0 Å². The van der Waals surface area contributed by atoms with Crippen molar-refractivity contribution in [2.45, 2.75) is 235 Å². The minimum atomic E-state index is -0.334. The average Bonchev–Trinajstić information content (AvgIpc) is 3.28. The summed E-state index contributed by atoms with van der Waals surface area (Å²) in [6, 6.07) is 0. The van der Waals surface area contributed by atoms with Gasteiger partial charge in [-0.25, -0.2) is 0 Å². The Morgan fingerprint density at radius 2 is 0.694 bits per heavy atom. The normalized spacial score (nSPS) is 12.1. The zero-order chi connectivity index (χ0) is 45.9. The van der Waals surface area contributed by atoms with E-state index in [0.717, 1.165) is 101 Å². The molecule has 0 saturated heterocycles. The fourth-order valence-corrected chi connectivity index (χ4v) is 8.29. The smallest absolute Gasteiger partial charge is 0.305 e. The predicted octanol–water partition coefficient (Wildman–Crippen LogP) is 12.9. The largest absolute Gasteiger partial charge is 0.465 e. The number of esters is 2. The fourth-order valence-electron chi connectivity index (χ4n) is 8.29. The number of rotatable bonds is 48. The fraction of sp³-hybridized carbons (Fsp3) is 0.962. The van der Waals surface area contributed by atoms with Gasteiger partial charge in [0, 0.05) is 58.7 Å². The van der Waals surface area contributed by atoms with E-state index in [1.807, 2.05) is 0 Å². The molecule has 0 aromatic heterocycles. The molecule has 0 radical (unpaired) electrons. The van der Waals surface area contributed by atoms with Crippen LogP contribution >= 0.6 is 0 Å². The number of hydrogen-bond donors (Lipinski definition) is 1. The molecular formula is C52H103NO9. The minimum Gasteiger partial charge on any atom is -0.465 e. The van der Waals surface area contributed by atoms with E-state index in [1.54, 1.807) is 0 Å². The van der Waals surface area contributed by atoms with Crippen LogP contribution in [0.2, 0.25) is 0 Å². The quantitative estimate of drug-likeness (QED) is 0.0360. The van der Waals surface area contributed by atoms with Crippen LogP contribution in [0, 0.1) is 23.7 Å². The molecule has 10 heteroatoms. The predicted molar refractivity (Wildman–Crippen MR) is 256 cm³/mol. The third kappa shape index (κ3) is 36.0. The summed E-state index contributed by atoms with van der Waals surface area (Å²) in [5, 5.41) is 9.64. The molecule has 62 heavy (non-hydrogen) atoms. The Morgan fingerprint density at radius 1 is 0.387 bits per heavy atom. The van der Waals surface area contributed by atoms with Crippen LogP contribution in [0.1, 0.15) is 222 Å². The summed E-state index contributed by atoms with van der Waals surface area (Å²) in [5.41, 5.74) is 0. The molecule has 0 atom stereocenters. The Hall–Kier alpha value is -1.30. The van der Waals surface area contributed by atoms with Crippen molar-refractivity contribution >= 4 is 11.9 Å². The van der Waals surface area contributed by atoms with E-state index in [4.69, 9.17) is 28.4 Å². The molecular weight excluding hydrogens is 783 g/mol. The highest BCUT2D eigenvalue weighted by Gasteiger charge is 2.16. The number of carbonyl (C=O) groups excluding carboxylic acids is 2. The summed E-state index contributed by atoms with van der Waals surface area (Å²) in [5.74, 6) is 2.68. The number of hydrogen-bond acceptors (Lipinski definition) is 10. The zero-order valence-electron chi connectivity index (χ0n) is 42.1. The van der Waals surface area contributed by atoms with Gasteiger partial charge in [0.2, 0.25) is 0 Å². The van der Waals surface area contributed by atoms with Crippen LogP contribution in [0.15, 0.2) is 0 Å². The third-order valence-corrected chi connectivity index (χ3v) is 13.2. The molecule has 0 spiro atoms. The summed E-state index contributed by atoms with van der Waals surface area (Å²) in [6.45, 7) is 23.9. The lowest BCUT2D eigenvalue weighted by molar-refractivity contribution is -0.163. The van der Waals surface area contributed by atoms with Gasteiger partial charge in [-0.2, -0.15) is 0 Å². The monoisotopic (exact) mass is 886 g/mol. The van der Waals surface area contributed by atoms with Crippen molar-refractivity contribution in [3.63, 3.8) is 0 Å². The molecule has 0 aliphatic heterocycles. The second kappa shape index (κ2) is 44.9. The molecule has 1 N–H and O–H groups in total. The van der Waals surface area contributed by atoms with Gasteiger partial charge >= 0.3 is 11.9 Å². The van der Waals surface area contributed by atoms with Gasteiger partial charge in [-0.1, -0.05) is 120 Å². The second-order valence-corrected chi connectivity index (χ2v) is 17.8. The second-order valence-electron chi connectivity index (χ2n) is 17.8. The highest BCUT2D eigenvalue weighted by atomic mass is 16.7. The summed E-state index contributed by atoms with van der Waals surface area (Å²) in [4.78, 5) is 27.4. The number of unbranched alkanes of at least 4 members (excludes halogenated alkanes) is 4. The summed E-state index contributed by atoms with van der Waals surface area (Å²) in [6.07, 6.45) is 25.0. The van der Waals surface area contributed by atoms with Crippen molar-refractivity contribution in [3.05, 3.63) is 0 Å². The van der Waals surface area contributed by atoms with Crippen LogP contribution in [-0.2, 0) is 38.0 Å². The number of nitrogens with zero attached hydrogens (tertiary/aromatic N) is 1. The molecule has 0 aromatic carbocycles. The van der Waals surface area contributed by atoms with Crippen molar-refractivity contribution < 1.29 is 43.1 Å². The van der Waals surface area contributed by atoms with Gasteiger partial charge in [-0.15, -0.1) is 0 Å². The molecule has 0 heterocycles. The Balaban J connectivity index is 4.41. The Kier molecular flexibility index (Phi) is 43.9. The first-order valence-corrected chi connectivity index (χ1v) is 26.3. The van der Waals surface area contributed by atoms with Gasteiger partial charge in [0.05, 0.1) is 19.8 Å². The van der Waals surface area contributed by atoms with Gasteiger partial charge in [-0.05, 0) is 114 Å². The van der Waals surface area contributed by atoms with E-state index in [0.29, 0.717) is 71.9 Å². The molecule has 0 saturated carbocycles. The van der Waals surface area contributed by atoms with E-state index in [1.165, 1.54) is 77.0 Å². The molecule has 0 bridgehead atoms. The molecule has 0 aromatic rings. The van der Waals surface area contributed by atoms with Crippen molar-refractivity contribution in [1.29, 1.82) is 0 Å². The van der Waals surface area contributed by atoms with Crippen LogP contribution in [0.4, 0.5) is 0 Å². The van der Waals surface area contributed by atoms with E-state index in [9.17, 15) is 14.7 Å². The SMILES string of the molecule is CCC(CC)CCCOC(CCOC(=O)CCCCCN(CCO)CCCCCC(=O)OCCC(OCCCC(CC)CC)OCCCC(CC)CC)OCCCC(CC)CC. The van der Waals surface area contributed by atoms with Crippen molar-refractivity contribution in [2.24, 2.45) is 23.7 Å². The van der Waals surface area contributed by atoms with Gasteiger partial charge in [-0.3, -0.25) is 9.59 Å². The van der Waals surface area contributed by atoms with E-state index >= 15 is 0 Å². The maximum atomic E-state index is 12.5. The van der Waals surface area contributed by atoms with Crippen molar-refractivity contribution in [2.75, 3.05) is 65.9 Å². The highest BCUT2D eigenvalue weighted by Crippen LogP contribution is 2.19. The molecule has 0 amide bonds. The maximum absolute atomic E-state index is 12.5. The molecule has 0 rings (SSSR count). The average molecular weight is 886 g/mol. The van der Waals surface area contributed by atoms with Crippen molar-refractivity contribution in [3.8, 4) is 0 Å². The topological polar surface area (TPSA) is 113 Å². The standard InChI is InChI=1S/C52H103NO9/c1-9-45(10-2)27-23-39-59-51(60-40-24-28-46(11-3)12-4)33-43-57-49(55)31-19-17-21-35-53(37-38-54)36-22-18-20-32-50(56)58-44-34-52(61-41-25-29-47(13-5)14-6)62-42-26-30-48(15-7)16-8/h45-48,51-52,54H,9-44H2,1-8H3. The van der Waals surface area contributed by atoms with E-state index in [2.05, 4.69) is 60.3 Å². The van der Waals surface area contributed by atoms with Crippen LogP contribution < -0.4 is 0 Å². The van der Waals surface area contributed by atoms with Crippen LogP contribution in [-0.4, -0.2) is 100 Å². The molecule has 0 aliphatic carbocycles. The van der Waals surface area contributed by atoms with Gasteiger partial charge in [0.1, 0.15) is 0 Å². The zero-order valence-corrected chi connectivity index (χ0v) is 42.1. The number of ether oxygens (including phenoxy) is 6. The third-order valence-electron chi connectivity index (χ3n) is 13.2. The molecule has 10 nitrogen and oxygen atoms in total. The molecule has 0 fully saturated rings. The Labute approximate surface area is 383 Å². The van der Waals surface area contributed by atoms with Crippen LogP contribution in [0.3, 0.4) is 0 Å². The lowest BCUT2D eigenvalue weighted by Gasteiger charge is -2.21. The van der Waals surface area contributed by atoms with Crippen LogP contribution in [0.5, 0.6) is 0 Å². The number of aliphatic hydroxyl groups excluding tert-OH is 1. The number of aliphatic hydroxyl groups is 1. The molecule has 370 valence electrons. The molecule has 0 unspecified atom stereocenters. The Morgan fingerprint density at radius 3 is 0.968 bits per heavy atom.